The summed E-state index contributed by atoms with van der Waals surface area (Å²) in [4.78, 5) is 0. The topological polar surface area (TPSA) is 9.23 Å². The molecule has 30 heavy (non-hydrogen) atoms. The summed E-state index contributed by atoms with van der Waals surface area (Å²) < 4.78 is 11.0. The molecule has 1 aliphatic heterocycles. The first-order chi connectivity index (χ1) is 14.1. The van der Waals surface area contributed by atoms with Crippen LogP contribution in [0.4, 0.5) is 0 Å². The van der Waals surface area contributed by atoms with E-state index in [1.807, 2.05) is 0 Å². The van der Waals surface area contributed by atoms with Gasteiger partial charge < -0.3 is 0 Å². The number of hydrogen-bond donors (Lipinski definition) is 0. The fraction of sp³-hybridized carbons (Fsp3) is 0.556. The van der Waals surface area contributed by atoms with E-state index in [2.05, 4.69) is 116 Å². The average molecular weight is 528 g/mol. The SMILES string of the molecule is C[CH](C)[Ge]1([CH](C)C)[CH2]CC(c2ccccc2)(c2ccccc2)[O][Ge]1([CH](C)C)[CH](C)C. The van der Waals surface area contributed by atoms with Gasteiger partial charge in [-0.1, -0.05) is 0 Å². The predicted molar refractivity (Wildman–Crippen MR) is 136 cm³/mol. The van der Waals surface area contributed by atoms with Crippen molar-refractivity contribution >= 4 is 22.9 Å². The van der Waals surface area contributed by atoms with Crippen LogP contribution < -0.4 is 0 Å². The van der Waals surface area contributed by atoms with E-state index in [0.717, 1.165) is 15.9 Å². The Morgan fingerprint density at radius 1 is 0.633 bits per heavy atom. The quantitative estimate of drug-likeness (QED) is 0.342. The summed E-state index contributed by atoms with van der Waals surface area (Å²) in [6, 6.07) is 22.3. The molecule has 0 saturated carbocycles. The molecule has 1 nitrogen and oxygen atoms in total. The van der Waals surface area contributed by atoms with E-state index in [1.165, 1.54) is 16.4 Å². The summed E-state index contributed by atoms with van der Waals surface area (Å²) in [7, 11) is 0. The fourth-order valence-electron chi connectivity index (χ4n) is 7.12. The number of hydrogen-bond acceptors (Lipinski definition) is 1. The first kappa shape index (κ1) is 24.1. The van der Waals surface area contributed by atoms with Gasteiger partial charge in [-0.25, -0.2) is 0 Å². The van der Waals surface area contributed by atoms with Crippen LogP contribution in [0.25, 0.3) is 0 Å². The molecule has 0 N–H and O–H groups in total. The monoisotopic (exact) mass is 530 g/mol. The average Bonchev–Trinajstić information content (AvgIpc) is 2.73. The van der Waals surface area contributed by atoms with Crippen LogP contribution in [0.3, 0.4) is 0 Å². The summed E-state index contributed by atoms with van der Waals surface area (Å²) in [6.07, 6.45) is 1.14. The minimum atomic E-state index is -2.76. The van der Waals surface area contributed by atoms with Crippen LogP contribution in [-0.2, 0) is 9.36 Å². The summed E-state index contributed by atoms with van der Waals surface area (Å²) in [6.45, 7) is 20.2. The van der Waals surface area contributed by atoms with E-state index in [4.69, 9.17) is 3.76 Å². The zero-order valence-corrected chi connectivity index (χ0v) is 24.6. The zero-order valence-electron chi connectivity index (χ0n) is 20.4. The van der Waals surface area contributed by atoms with E-state index in [9.17, 15) is 0 Å². The molecule has 1 heterocycles. The van der Waals surface area contributed by atoms with Crippen molar-refractivity contribution in [3.05, 3.63) is 71.8 Å². The standard InChI is InChI=1S/C27H42Ge2O/c1-21(2)28(22(3)4)20-19-27(25-15-11-9-12-16-25,26-17-13-10-14-18-26)30-29(28,23(5)6)24(7)8/h9-18,21-24H,19-20H2,1-8H3. The molecule has 0 aliphatic carbocycles. The van der Waals surface area contributed by atoms with Gasteiger partial charge in [0.05, 0.1) is 0 Å². The number of benzene rings is 2. The Hall–Kier alpha value is -0.514. The number of rotatable bonds is 6. The van der Waals surface area contributed by atoms with Crippen LogP contribution in [0, 0.1) is 0 Å². The van der Waals surface area contributed by atoms with Crippen LogP contribution in [0.1, 0.15) is 72.9 Å². The molecule has 3 heteroatoms. The van der Waals surface area contributed by atoms with Crippen LogP contribution in [0.5, 0.6) is 0 Å². The molecule has 2 aromatic carbocycles. The van der Waals surface area contributed by atoms with Gasteiger partial charge in [-0.05, 0) is 0 Å². The van der Waals surface area contributed by atoms with Crippen LogP contribution in [-0.4, -0.2) is 22.9 Å². The second kappa shape index (κ2) is 9.15. The zero-order chi connectivity index (χ0) is 22.2. The van der Waals surface area contributed by atoms with E-state index in [0.29, 0.717) is 9.50 Å². The van der Waals surface area contributed by atoms with Crippen LogP contribution in [0.2, 0.25) is 24.3 Å². The maximum absolute atomic E-state index is 7.97. The van der Waals surface area contributed by atoms with Crippen molar-refractivity contribution in [2.24, 2.45) is 0 Å². The van der Waals surface area contributed by atoms with E-state index in [-0.39, 0.29) is 5.60 Å². The van der Waals surface area contributed by atoms with Gasteiger partial charge in [-0.2, -0.15) is 0 Å². The molecule has 0 aromatic heterocycles. The minimum absolute atomic E-state index is 0.282. The van der Waals surface area contributed by atoms with Crippen molar-refractivity contribution in [1.29, 1.82) is 0 Å². The molecular formula is C27H42Ge2O. The Morgan fingerprint density at radius 2 is 1.03 bits per heavy atom. The van der Waals surface area contributed by atoms with Crippen molar-refractivity contribution in [2.75, 3.05) is 0 Å². The van der Waals surface area contributed by atoms with Crippen LogP contribution in [0.15, 0.2) is 60.7 Å². The molecule has 1 fully saturated rings. The van der Waals surface area contributed by atoms with Gasteiger partial charge in [0, 0.05) is 0 Å². The molecule has 164 valence electrons. The molecule has 1 aliphatic rings. The molecule has 3 rings (SSSR count). The maximum atomic E-state index is 7.97. The van der Waals surface area contributed by atoms with Crippen molar-refractivity contribution in [3.8, 4) is 0 Å². The Labute approximate surface area is 189 Å². The second-order valence-corrected chi connectivity index (χ2v) is 48.1. The molecule has 0 amide bonds. The first-order valence-electron chi connectivity index (χ1n) is 12.0. The van der Waals surface area contributed by atoms with Gasteiger partial charge in [0.15, 0.2) is 0 Å². The van der Waals surface area contributed by atoms with Gasteiger partial charge in [-0.15, -0.1) is 0 Å². The van der Waals surface area contributed by atoms with Crippen molar-refractivity contribution in [1.82, 2.24) is 0 Å². The van der Waals surface area contributed by atoms with E-state index < -0.39 is 22.9 Å². The second-order valence-electron chi connectivity index (χ2n) is 10.6. The normalized spacial score (nSPS) is 20.3. The third-order valence-corrected chi connectivity index (χ3v) is 75.7. The summed E-state index contributed by atoms with van der Waals surface area (Å²) >= 11 is -5.08. The Morgan fingerprint density at radius 3 is 1.37 bits per heavy atom. The molecule has 2 aromatic rings. The van der Waals surface area contributed by atoms with Crippen LogP contribution >= 0.6 is 0 Å². The van der Waals surface area contributed by atoms with Gasteiger partial charge in [0.1, 0.15) is 0 Å². The van der Waals surface area contributed by atoms with Crippen molar-refractivity contribution < 1.29 is 3.76 Å². The summed E-state index contributed by atoms with van der Waals surface area (Å²) in [5, 5.41) is 1.44. The molecule has 0 bridgehead atoms. The Bertz CT molecular complexity index is 756. The van der Waals surface area contributed by atoms with Crippen molar-refractivity contribution in [2.45, 2.75) is 91.7 Å². The van der Waals surface area contributed by atoms with Gasteiger partial charge in [0.2, 0.25) is 0 Å². The molecule has 0 atom stereocenters. The third kappa shape index (κ3) is 3.57. The summed E-state index contributed by atoms with van der Waals surface area (Å²) in [5.74, 6) is 0. The molecule has 0 unspecified atom stereocenters. The van der Waals surface area contributed by atoms with Crippen molar-refractivity contribution in [3.63, 3.8) is 0 Å². The van der Waals surface area contributed by atoms with Gasteiger partial charge >= 0.3 is 190 Å². The van der Waals surface area contributed by atoms with Gasteiger partial charge in [-0.3, -0.25) is 0 Å². The molecule has 0 spiro atoms. The predicted octanol–water partition coefficient (Wildman–Crippen LogP) is 8.46. The molecular weight excluding hydrogens is 486 g/mol. The fourth-order valence-corrected chi connectivity index (χ4v) is 81.9. The third-order valence-electron chi connectivity index (χ3n) is 8.22. The Balaban J connectivity index is 2.32. The van der Waals surface area contributed by atoms with E-state index in [1.54, 1.807) is 0 Å². The Kier molecular flexibility index (Phi) is 7.36. The molecule has 1 saturated heterocycles. The summed E-state index contributed by atoms with van der Waals surface area (Å²) in [5.41, 5.74) is 2.43. The van der Waals surface area contributed by atoms with E-state index >= 15 is 0 Å². The molecule has 0 radical (unpaired) electrons. The first-order valence-corrected chi connectivity index (χ1v) is 25.6. The van der Waals surface area contributed by atoms with Gasteiger partial charge in [0.25, 0.3) is 0 Å².